The lowest BCUT2D eigenvalue weighted by molar-refractivity contribution is -0.138. The largest absolute Gasteiger partial charge is 0.490 e. The van der Waals surface area contributed by atoms with Gasteiger partial charge < -0.3 is 15.2 Å². The van der Waals surface area contributed by atoms with Crippen LogP contribution in [-0.2, 0) is 9.59 Å². The molecular formula is C12H13Cl2NO4. The first-order valence-corrected chi connectivity index (χ1v) is 6.31. The van der Waals surface area contributed by atoms with Crippen molar-refractivity contribution in [2.24, 2.45) is 0 Å². The summed E-state index contributed by atoms with van der Waals surface area (Å²) in [6, 6.07) is 4.84. The molecule has 0 bridgehead atoms. The average Bonchev–Trinajstić information content (AvgIpc) is 2.36. The number of halogens is 2. The van der Waals surface area contributed by atoms with Gasteiger partial charge in [0.15, 0.2) is 0 Å². The van der Waals surface area contributed by atoms with Crippen molar-refractivity contribution in [3.63, 3.8) is 0 Å². The van der Waals surface area contributed by atoms with Crippen LogP contribution in [-0.4, -0.2) is 30.1 Å². The molecule has 1 aromatic carbocycles. The molecule has 104 valence electrons. The topological polar surface area (TPSA) is 75.6 Å². The van der Waals surface area contributed by atoms with Crippen LogP contribution in [0.2, 0.25) is 10.0 Å². The number of amides is 1. The number of carboxylic acid groups (broad SMARTS) is 1. The van der Waals surface area contributed by atoms with E-state index in [0.29, 0.717) is 15.8 Å². The Hall–Kier alpha value is -1.46. The second-order valence-corrected chi connectivity index (χ2v) is 4.51. The van der Waals surface area contributed by atoms with Gasteiger partial charge in [-0.1, -0.05) is 23.2 Å². The maximum atomic E-state index is 11.2. The van der Waals surface area contributed by atoms with Gasteiger partial charge in [-0.2, -0.15) is 0 Å². The Morgan fingerprint density at radius 3 is 2.68 bits per heavy atom. The molecule has 1 rings (SSSR count). The van der Waals surface area contributed by atoms with Crippen molar-refractivity contribution in [2.75, 3.05) is 13.2 Å². The van der Waals surface area contributed by atoms with Crippen LogP contribution in [0.1, 0.15) is 12.8 Å². The minimum atomic E-state index is -1.00. The first-order valence-electron chi connectivity index (χ1n) is 5.55. The van der Waals surface area contributed by atoms with E-state index >= 15 is 0 Å². The van der Waals surface area contributed by atoms with Crippen molar-refractivity contribution in [2.45, 2.75) is 12.8 Å². The lowest BCUT2D eigenvalue weighted by Gasteiger charge is -2.09. The Morgan fingerprint density at radius 1 is 1.26 bits per heavy atom. The molecule has 0 spiro atoms. The molecule has 0 aliphatic carbocycles. The van der Waals surface area contributed by atoms with Crippen molar-refractivity contribution in [3.05, 3.63) is 28.2 Å². The fraction of sp³-hybridized carbons (Fsp3) is 0.333. The van der Waals surface area contributed by atoms with E-state index in [1.807, 2.05) is 0 Å². The van der Waals surface area contributed by atoms with Gasteiger partial charge in [0.05, 0.1) is 18.0 Å². The molecule has 1 amide bonds. The molecule has 2 N–H and O–H groups in total. The molecule has 0 radical (unpaired) electrons. The Kier molecular flexibility index (Phi) is 6.45. The van der Waals surface area contributed by atoms with Crippen molar-refractivity contribution in [1.82, 2.24) is 5.32 Å². The summed E-state index contributed by atoms with van der Waals surface area (Å²) >= 11 is 11.7. The van der Waals surface area contributed by atoms with Crippen LogP contribution in [0.3, 0.4) is 0 Å². The van der Waals surface area contributed by atoms with E-state index in [9.17, 15) is 9.59 Å². The van der Waals surface area contributed by atoms with Gasteiger partial charge in [-0.3, -0.25) is 9.59 Å². The molecule has 1 aromatic rings. The van der Waals surface area contributed by atoms with E-state index in [1.54, 1.807) is 18.2 Å². The summed E-state index contributed by atoms with van der Waals surface area (Å²) in [5, 5.41) is 11.9. The lowest BCUT2D eigenvalue weighted by atomic mass is 10.3. The number of carbonyl (C=O) groups excluding carboxylic acids is 1. The number of nitrogens with one attached hydrogen (secondary N) is 1. The lowest BCUT2D eigenvalue weighted by Crippen LogP contribution is -2.28. The highest BCUT2D eigenvalue weighted by atomic mass is 35.5. The van der Waals surface area contributed by atoms with Gasteiger partial charge in [-0.05, 0) is 12.1 Å². The zero-order chi connectivity index (χ0) is 14.3. The SMILES string of the molecule is O=C(O)CCC(=O)NCCOc1cc(Cl)ccc1Cl. The highest BCUT2D eigenvalue weighted by Gasteiger charge is 2.05. The van der Waals surface area contributed by atoms with Crippen molar-refractivity contribution in [3.8, 4) is 5.75 Å². The number of hydrogen-bond acceptors (Lipinski definition) is 3. The summed E-state index contributed by atoms with van der Waals surface area (Å²) in [7, 11) is 0. The summed E-state index contributed by atoms with van der Waals surface area (Å²) in [5.74, 6) is -0.894. The first-order chi connectivity index (χ1) is 8.99. The fourth-order valence-corrected chi connectivity index (χ4v) is 1.58. The van der Waals surface area contributed by atoms with Gasteiger partial charge in [-0.25, -0.2) is 0 Å². The maximum absolute atomic E-state index is 11.2. The van der Waals surface area contributed by atoms with Crippen molar-refractivity contribution < 1.29 is 19.4 Å². The fourth-order valence-electron chi connectivity index (χ4n) is 1.25. The third kappa shape index (κ3) is 6.31. The number of hydrogen-bond donors (Lipinski definition) is 2. The number of carbonyl (C=O) groups is 2. The summed E-state index contributed by atoms with van der Waals surface area (Å²) in [5.41, 5.74) is 0. The molecule has 0 heterocycles. The molecule has 0 aromatic heterocycles. The predicted molar refractivity (Wildman–Crippen MR) is 71.8 cm³/mol. The second-order valence-electron chi connectivity index (χ2n) is 3.67. The Morgan fingerprint density at radius 2 is 2.00 bits per heavy atom. The van der Waals surface area contributed by atoms with E-state index in [2.05, 4.69) is 5.32 Å². The van der Waals surface area contributed by atoms with E-state index in [-0.39, 0.29) is 31.9 Å². The highest BCUT2D eigenvalue weighted by Crippen LogP contribution is 2.27. The second kappa shape index (κ2) is 7.86. The zero-order valence-electron chi connectivity index (χ0n) is 9.99. The molecule has 5 nitrogen and oxygen atoms in total. The average molecular weight is 306 g/mol. The summed E-state index contributed by atoms with van der Waals surface area (Å²) in [6.07, 6.45) is -0.236. The number of carboxylic acids is 1. The maximum Gasteiger partial charge on any atom is 0.303 e. The minimum absolute atomic E-state index is 0.0484. The predicted octanol–water partition coefficient (Wildman–Crippen LogP) is 2.35. The zero-order valence-corrected chi connectivity index (χ0v) is 11.5. The van der Waals surface area contributed by atoms with E-state index in [1.165, 1.54) is 0 Å². The quantitative estimate of drug-likeness (QED) is 0.758. The van der Waals surface area contributed by atoms with Crippen LogP contribution >= 0.6 is 23.2 Å². The monoisotopic (exact) mass is 305 g/mol. The molecule has 19 heavy (non-hydrogen) atoms. The number of rotatable bonds is 7. The molecule has 0 unspecified atom stereocenters. The van der Waals surface area contributed by atoms with Crippen LogP contribution < -0.4 is 10.1 Å². The Balaban J connectivity index is 2.25. The van der Waals surface area contributed by atoms with Gasteiger partial charge >= 0.3 is 5.97 Å². The molecule has 0 saturated carbocycles. The summed E-state index contributed by atoms with van der Waals surface area (Å²) in [6.45, 7) is 0.486. The van der Waals surface area contributed by atoms with E-state index in [4.69, 9.17) is 33.0 Å². The third-order valence-corrected chi connectivity index (χ3v) is 2.69. The summed E-state index contributed by atoms with van der Waals surface area (Å²) in [4.78, 5) is 21.5. The number of ether oxygens (including phenoxy) is 1. The van der Waals surface area contributed by atoms with Crippen LogP contribution in [0.25, 0.3) is 0 Å². The third-order valence-electron chi connectivity index (χ3n) is 2.14. The van der Waals surface area contributed by atoms with Gasteiger partial charge in [0.25, 0.3) is 0 Å². The summed E-state index contributed by atoms with van der Waals surface area (Å²) < 4.78 is 5.35. The van der Waals surface area contributed by atoms with E-state index in [0.717, 1.165) is 0 Å². The van der Waals surface area contributed by atoms with Gasteiger partial charge in [-0.15, -0.1) is 0 Å². The van der Waals surface area contributed by atoms with Crippen LogP contribution in [0.5, 0.6) is 5.75 Å². The van der Waals surface area contributed by atoms with Gasteiger partial charge in [0, 0.05) is 17.5 Å². The minimum Gasteiger partial charge on any atom is -0.490 e. The van der Waals surface area contributed by atoms with Crippen LogP contribution in [0, 0.1) is 0 Å². The van der Waals surface area contributed by atoms with Gasteiger partial charge in [0.1, 0.15) is 12.4 Å². The molecule has 0 fully saturated rings. The standard InChI is InChI=1S/C12H13Cl2NO4/c13-8-1-2-9(14)10(7-8)19-6-5-15-11(16)3-4-12(17)18/h1-2,7H,3-6H2,(H,15,16)(H,17,18). The van der Waals surface area contributed by atoms with Crippen LogP contribution in [0.4, 0.5) is 0 Å². The number of benzene rings is 1. The number of aliphatic carboxylic acids is 1. The van der Waals surface area contributed by atoms with Gasteiger partial charge in [0.2, 0.25) is 5.91 Å². The first kappa shape index (κ1) is 15.6. The van der Waals surface area contributed by atoms with Crippen LogP contribution in [0.15, 0.2) is 18.2 Å². The molecular weight excluding hydrogens is 293 g/mol. The molecule has 0 atom stereocenters. The Bertz CT molecular complexity index is 465. The van der Waals surface area contributed by atoms with E-state index < -0.39 is 5.97 Å². The normalized spacial score (nSPS) is 10.0. The van der Waals surface area contributed by atoms with Crippen molar-refractivity contribution >= 4 is 35.1 Å². The highest BCUT2D eigenvalue weighted by molar-refractivity contribution is 6.34. The Labute approximate surface area is 120 Å². The smallest absolute Gasteiger partial charge is 0.303 e. The molecule has 7 heteroatoms. The van der Waals surface area contributed by atoms with Crippen molar-refractivity contribution in [1.29, 1.82) is 0 Å². The molecule has 0 aliphatic heterocycles. The molecule has 0 saturated heterocycles. The molecule has 0 aliphatic rings.